The standard InChI is InChI=1S/C21H25N3O2/c25-20(21(10-14-26-15-11-21)17-6-2-1-3-7-17)23-18-9-13-24(16-18)19-8-4-5-12-22-19/h1-8,12,18H,9-11,13-16H2,(H,23,25). The second kappa shape index (κ2) is 7.46. The molecule has 1 aromatic heterocycles. The zero-order chi connectivity index (χ0) is 17.8. The van der Waals surface area contributed by atoms with Gasteiger partial charge in [-0.3, -0.25) is 4.79 Å². The van der Waals surface area contributed by atoms with Gasteiger partial charge in [0.25, 0.3) is 0 Å². The summed E-state index contributed by atoms with van der Waals surface area (Å²) in [6.07, 6.45) is 4.23. The maximum absolute atomic E-state index is 13.3. The van der Waals surface area contributed by atoms with E-state index in [1.54, 1.807) is 0 Å². The zero-order valence-corrected chi connectivity index (χ0v) is 14.9. The zero-order valence-electron chi connectivity index (χ0n) is 14.9. The number of benzene rings is 1. The summed E-state index contributed by atoms with van der Waals surface area (Å²) < 4.78 is 5.54. The molecule has 1 unspecified atom stereocenters. The van der Waals surface area contributed by atoms with E-state index >= 15 is 0 Å². The highest BCUT2D eigenvalue weighted by atomic mass is 16.5. The van der Waals surface area contributed by atoms with Crippen LogP contribution in [0.4, 0.5) is 5.82 Å². The lowest BCUT2D eigenvalue weighted by Gasteiger charge is -2.37. The number of nitrogens with one attached hydrogen (secondary N) is 1. The molecule has 0 radical (unpaired) electrons. The number of anilines is 1. The Balaban J connectivity index is 1.48. The minimum Gasteiger partial charge on any atom is -0.381 e. The number of pyridine rings is 1. The van der Waals surface area contributed by atoms with E-state index in [0.717, 1.165) is 43.7 Å². The summed E-state index contributed by atoms with van der Waals surface area (Å²) in [5.74, 6) is 1.12. The van der Waals surface area contributed by atoms with E-state index in [1.807, 2.05) is 42.6 Å². The Labute approximate surface area is 154 Å². The van der Waals surface area contributed by atoms with Crippen molar-refractivity contribution < 1.29 is 9.53 Å². The molecule has 1 atom stereocenters. The van der Waals surface area contributed by atoms with Crippen LogP contribution in [0.15, 0.2) is 54.7 Å². The fourth-order valence-corrected chi connectivity index (χ4v) is 4.07. The molecule has 2 fully saturated rings. The third kappa shape index (κ3) is 3.31. The van der Waals surface area contributed by atoms with Crippen molar-refractivity contribution in [2.75, 3.05) is 31.2 Å². The summed E-state index contributed by atoms with van der Waals surface area (Å²) in [4.78, 5) is 20.0. The van der Waals surface area contributed by atoms with Crippen molar-refractivity contribution in [1.29, 1.82) is 0 Å². The van der Waals surface area contributed by atoms with Crippen LogP contribution >= 0.6 is 0 Å². The van der Waals surface area contributed by atoms with E-state index in [4.69, 9.17) is 4.74 Å². The molecule has 1 amide bonds. The Morgan fingerprint density at radius 1 is 1.12 bits per heavy atom. The largest absolute Gasteiger partial charge is 0.381 e. The van der Waals surface area contributed by atoms with Crippen molar-refractivity contribution in [2.45, 2.75) is 30.7 Å². The molecular formula is C21H25N3O2. The molecule has 1 aromatic carbocycles. The number of aromatic nitrogens is 1. The first-order valence-electron chi connectivity index (χ1n) is 9.38. The van der Waals surface area contributed by atoms with Crippen molar-refractivity contribution in [1.82, 2.24) is 10.3 Å². The monoisotopic (exact) mass is 351 g/mol. The normalized spacial score (nSPS) is 22.2. The molecule has 4 rings (SSSR count). The van der Waals surface area contributed by atoms with Gasteiger partial charge in [-0.1, -0.05) is 36.4 Å². The van der Waals surface area contributed by atoms with Gasteiger partial charge in [-0.15, -0.1) is 0 Å². The number of hydrogen-bond acceptors (Lipinski definition) is 4. The summed E-state index contributed by atoms with van der Waals surface area (Å²) in [6, 6.07) is 16.3. The maximum Gasteiger partial charge on any atom is 0.231 e. The lowest BCUT2D eigenvalue weighted by Crippen LogP contribution is -2.51. The van der Waals surface area contributed by atoms with Crippen LogP contribution < -0.4 is 10.2 Å². The number of rotatable bonds is 4. The van der Waals surface area contributed by atoms with Gasteiger partial charge in [0.05, 0.1) is 5.41 Å². The van der Waals surface area contributed by atoms with Gasteiger partial charge in [-0.05, 0) is 37.0 Å². The number of nitrogens with zero attached hydrogens (tertiary/aromatic N) is 2. The third-order valence-electron chi connectivity index (χ3n) is 5.60. The molecule has 0 saturated carbocycles. The molecule has 0 aliphatic carbocycles. The molecule has 5 heteroatoms. The van der Waals surface area contributed by atoms with Crippen LogP contribution in [0.1, 0.15) is 24.8 Å². The smallest absolute Gasteiger partial charge is 0.231 e. The maximum atomic E-state index is 13.3. The predicted octanol–water partition coefficient (Wildman–Crippen LogP) is 2.52. The number of hydrogen-bond donors (Lipinski definition) is 1. The van der Waals surface area contributed by atoms with Gasteiger partial charge in [0.15, 0.2) is 0 Å². The van der Waals surface area contributed by atoms with E-state index in [9.17, 15) is 4.79 Å². The SMILES string of the molecule is O=C(NC1CCN(c2ccccn2)C1)C1(c2ccccc2)CCOCC1. The lowest BCUT2D eigenvalue weighted by molar-refractivity contribution is -0.131. The fraction of sp³-hybridized carbons (Fsp3) is 0.429. The number of ether oxygens (including phenoxy) is 1. The lowest BCUT2D eigenvalue weighted by atomic mass is 9.73. The first-order valence-corrected chi connectivity index (χ1v) is 9.38. The van der Waals surface area contributed by atoms with E-state index in [-0.39, 0.29) is 11.9 Å². The predicted molar refractivity (Wildman–Crippen MR) is 101 cm³/mol. The fourth-order valence-electron chi connectivity index (χ4n) is 4.07. The second-order valence-corrected chi connectivity index (χ2v) is 7.15. The van der Waals surface area contributed by atoms with Gasteiger partial charge in [0.1, 0.15) is 5.82 Å². The van der Waals surface area contributed by atoms with Crippen LogP contribution in [0.3, 0.4) is 0 Å². The molecule has 2 saturated heterocycles. The van der Waals surface area contributed by atoms with Crippen LogP contribution in [0.25, 0.3) is 0 Å². The van der Waals surface area contributed by atoms with E-state index in [1.165, 1.54) is 0 Å². The highest BCUT2D eigenvalue weighted by Crippen LogP contribution is 2.35. The average Bonchev–Trinajstić information content (AvgIpc) is 3.18. The van der Waals surface area contributed by atoms with Gasteiger partial charge in [-0.25, -0.2) is 4.98 Å². The van der Waals surface area contributed by atoms with Crippen LogP contribution in [0.2, 0.25) is 0 Å². The van der Waals surface area contributed by atoms with Crippen LogP contribution in [-0.2, 0) is 14.9 Å². The highest BCUT2D eigenvalue weighted by Gasteiger charge is 2.42. The van der Waals surface area contributed by atoms with Gasteiger partial charge < -0.3 is 15.0 Å². The van der Waals surface area contributed by atoms with E-state index < -0.39 is 5.41 Å². The van der Waals surface area contributed by atoms with Gasteiger partial charge >= 0.3 is 0 Å². The average molecular weight is 351 g/mol. The number of carbonyl (C=O) groups excluding carboxylic acids is 1. The molecule has 136 valence electrons. The Morgan fingerprint density at radius 3 is 2.62 bits per heavy atom. The first-order chi connectivity index (χ1) is 12.8. The Hall–Kier alpha value is -2.40. The quantitative estimate of drug-likeness (QED) is 0.920. The molecule has 2 aliphatic heterocycles. The summed E-state index contributed by atoms with van der Waals surface area (Å²) in [5, 5.41) is 3.32. The van der Waals surface area contributed by atoms with E-state index in [0.29, 0.717) is 13.2 Å². The van der Waals surface area contributed by atoms with Crippen molar-refractivity contribution in [2.24, 2.45) is 0 Å². The third-order valence-corrected chi connectivity index (χ3v) is 5.60. The molecule has 2 aliphatic rings. The van der Waals surface area contributed by atoms with Crippen LogP contribution in [0, 0.1) is 0 Å². The number of carbonyl (C=O) groups is 1. The number of amides is 1. The van der Waals surface area contributed by atoms with Crippen molar-refractivity contribution in [3.8, 4) is 0 Å². The molecule has 0 bridgehead atoms. The highest BCUT2D eigenvalue weighted by molar-refractivity contribution is 5.88. The molecule has 1 N–H and O–H groups in total. The summed E-state index contributed by atoms with van der Waals surface area (Å²) in [7, 11) is 0. The Kier molecular flexibility index (Phi) is 4.89. The molecule has 3 heterocycles. The molecule has 0 spiro atoms. The summed E-state index contributed by atoms with van der Waals surface area (Å²) >= 11 is 0. The Bertz CT molecular complexity index is 729. The van der Waals surface area contributed by atoms with Crippen molar-refractivity contribution in [3.63, 3.8) is 0 Å². The summed E-state index contributed by atoms with van der Waals surface area (Å²) in [5.41, 5.74) is 0.623. The summed E-state index contributed by atoms with van der Waals surface area (Å²) in [6.45, 7) is 2.99. The van der Waals surface area contributed by atoms with Gasteiger partial charge in [0, 0.05) is 38.5 Å². The topological polar surface area (TPSA) is 54.5 Å². The van der Waals surface area contributed by atoms with Crippen LogP contribution in [0.5, 0.6) is 0 Å². The van der Waals surface area contributed by atoms with Crippen molar-refractivity contribution in [3.05, 3.63) is 60.3 Å². The molecule has 26 heavy (non-hydrogen) atoms. The van der Waals surface area contributed by atoms with Crippen molar-refractivity contribution >= 4 is 11.7 Å². The van der Waals surface area contributed by atoms with Crippen LogP contribution in [-0.4, -0.2) is 43.2 Å². The molecular weight excluding hydrogens is 326 g/mol. The minimum atomic E-state index is -0.474. The molecule has 5 nitrogen and oxygen atoms in total. The molecule has 2 aromatic rings. The van der Waals surface area contributed by atoms with Gasteiger partial charge in [-0.2, -0.15) is 0 Å². The Morgan fingerprint density at radius 2 is 1.88 bits per heavy atom. The van der Waals surface area contributed by atoms with E-state index in [2.05, 4.69) is 27.3 Å². The van der Waals surface area contributed by atoms with Gasteiger partial charge in [0.2, 0.25) is 5.91 Å². The first kappa shape index (κ1) is 17.0. The minimum absolute atomic E-state index is 0.139. The second-order valence-electron chi connectivity index (χ2n) is 7.15.